The molecule has 0 N–H and O–H groups in total. The van der Waals surface area contributed by atoms with E-state index in [2.05, 4.69) is 32.9 Å². The molecule has 0 aromatic heterocycles. The van der Waals surface area contributed by atoms with Crippen LogP contribution in [0.15, 0.2) is 24.3 Å². The predicted octanol–water partition coefficient (Wildman–Crippen LogP) is 4.00. The fraction of sp³-hybridized carbons (Fsp3) is 0.455. The predicted molar refractivity (Wildman–Crippen MR) is 64.2 cm³/mol. The minimum absolute atomic E-state index is 0.354. The lowest BCUT2D eigenvalue weighted by molar-refractivity contribution is 0.411. The second-order valence-corrected chi connectivity index (χ2v) is 4.90. The van der Waals surface area contributed by atoms with Gasteiger partial charge in [0.2, 0.25) is 0 Å². The van der Waals surface area contributed by atoms with Crippen molar-refractivity contribution in [3.63, 3.8) is 0 Å². The van der Waals surface area contributed by atoms with E-state index in [9.17, 15) is 0 Å². The molecule has 0 aliphatic heterocycles. The maximum Gasteiger partial charge on any atom is 0.192 e. The summed E-state index contributed by atoms with van der Waals surface area (Å²) in [6, 6.07) is 8.26. The van der Waals surface area contributed by atoms with Crippen molar-refractivity contribution in [1.82, 2.24) is 0 Å². The van der Waals surface area contributed by atoms with Gasteiger partial charge in [0.25, 0.3) is 0 Å². The van der Waals surface area contributed by atoms with E-state index in [0.717, 1.165) is 12.2 Å². The average molecular weight is 290 g/mol. The maximum absolute atomic E-state index is 5.07. The molecule has 0 amide bonds. The molecule has 0 heterocycles. The van der Waals surface area contributed by atoms with E-state index >= 15 is 0 Å². The fourth-order valence-corrected chi connectivity index (χ4v) is 1.56. The third kappa shape index (κ3) is 3.98. The zero-order valence-corrected chi connectivity index (χ0v) is 10.5. The Morgan fingerprint density at radius 3 is 2.08 bits per heavy atom. The molecule has 0 radical (unpaired) electrons. The summed E-state index contributed by atoms with van der Waals surface area (Å²) >= 11 is 1.89. The first kappa shape index (κ1) is 10.8. The first-order chi connectivity index (χ1) is 6.01. The minimum atomic E-state index is 0.354. The van der Waals surface area contributed by atoms with Crippen LogP contribution < -0.4 is 3.07 Å². The molecule has 72 valence electrons. The van der Waals surface area contributed by atoms with E-state index < -0.39 is 0 Å². The van der Waals surface area contributed by atoms with Crippen molar-refractivity contribution >= 4 is 23.0 Å². The topological polar surface area (TPSA) is 9.23 Å². The van der Waals surface area contributed by atoms with Crippen LogP contribution in [0.25, 0.3) is 0 Å². The van der Waals surface area contributed by atoms with Gasteiger partial charge in [-0.15, -0.1) is 0 Å². The summed E-state index contributed by atoms with van der Waals surface area (Å²) < 4.78 is 5.07. The van der Waals surface area contributed by atoms with Gasteiger partial charge in [-0.3, -0.25) is 0 Å². The summed E-state index contributed by atoms with van der Waals surface area (Å²) in [4.78, 5) is 0. The second-order valence-electron chi connectivity index (χ2n) is 4.46. The van der Waals surface area contributed by atoms with E-state index in [1.807, 2.05) is 35.1 Å². The Bertz CT molecular complexity index is 258. The first-order valence-electron chi connectivity index (χ1n) is 4.39. The van der Waals surface area contributed by atoms with Crippen molar-refractivity contribution < 1.29 is 3.07 Å². The highest BCUT2D eigenvalue weighted by Crippen LogP contribution is 2.22. The highest BCUT2D eigenvalue weighted by atomic mass is 127. The van der Waals surface area contributed by atoms with Crippen molar-refractivity contribution in [2.75, 3.05) is 0 Å². The van der Waals surface area contributed by atoms with E-state index in [0.29, 0.717) is 5.41 Å². The molecule has 0 aliphatic rings. The molecule has 0 atom stereocenters. The van der Waals surface area contributed by atoms with Crippen molar-refractivity contribution in [2.24, 2.45) is 5.41 Å². The van der Waals surface area contributed by atoms with Crippen LogP contribution in [-0.4, -0.2) is 0 Å². The normalized spacial score (nSPS) is 11.4. The zero-order chi connectivity index (χ0) is 9.90. The summed E-state index contributed by atoms with van der Waals surface area (Å²) in [7, 11) is 0. The van der Waals surface area contributed by atoms with Gasteiger partial charge in [0.1, 0.15) is 5.75 Å². The fourth-order valence-electron chi connectivity index (χ4n) is 1.27. The van der Waals surface area contributed by atoms with Crippen LogP contribution >= 0.6 is 23.0 Å². The number of hydrogen-bond donors (Lipinski definition) is 0. The smallest absolute Gasteiger partial charge is 0.192 e. The highest BCUT2D eigenvalue weighted by molar-refractivity contribution is 14.1. The van der Waals surface area contributed by atoms with Crippen LogP contribution in [0, 0.1) is 5.41 Å². The Balaban J connectivity index is 2.70. The zero-order valence-electron chi connectivity index (χ0n) is 8.30. The Morgan fingerprint density at radius 2 is 1.69 bits per heavy atom. The summed E-state index contributed by atoms with van der Waals surface area (Å²) in [5.74, 6) is 0.915. The lowest BCUT2D eigenvalue weighted by Gasteiger charge is -2.17. The average Bonchev–Trinajstić information content (AvgIpc) is 2.03. The van der Waals surface area contributed by atoms with Crippen LogP contribution in [0.1, 0.15) is 26.3 Å². The molecule has 0 spiro atoms. The van der Waals surface area contributed by atoms with E-state index in [1.54, 1.807) is 0 Å². The van der Waals surface area contributed by atoms with Gasteiger partial charge in [-0.05, 0) is 29.5 Å². The largest absolute Gasteiger partial charge is 0.428 e. The summed E-state index contributed by atoms with van der Waals surface area (Å²) in [6.07, 6.45) is 1.11. The molecule has 1 rings (SSSR count). The molecule has 13 heavy (non-hydrogen) atoms. The molecule has 1 aromatic rings. The highest BCUT2D eigenvalue weighted by Gasteiger charge is 2.10. The van der Waals surface area contributed by atoms with Crippen LogP contribution in [0.4, 0.5) is 0 Å². The number of hydrogen-bond acceptors (Lipinski definition) is 1. The Hall–Kier alpha value is -0.250. The molecule has 2 heteroatoms. The summed E-state index contributed by atoms with van der Waals surface area (Å²) in [5, 5.41) is 0. The third-order valence-electron chi connectivity index (χ3n) is 1.75. The lowest BCUT2D eigenvalue weighted by atomic mass is 9.88. The van der Waals surface area contributed by atoms with Gasteiger partial charge in [-0.2, -0.15) is 0 Å². The van der Waals surface area contributed by atoms with Gasteiger partial charge >= 0.3 is 0 Å². The summed E-state index contributed by atoms with van der Waals surface area (Å²) in [6.45, 7) is 6.74. The van der Waals surface area contributed by atoms with Crippen LogP contribution in [-0.2, 0) is 6.42 Å². The third-order valence-corrected chi connectivity index (χ3v) is 2.26. The molecule has 0 fully saturated rings. The quantitative estimate of drug-likeness (QED) is 0.748. The van der Waals surface area contributed by atoms with E-state index in [-0.39, 0.29) is 0 Å². The maximum atomic E-state index is 5.07. The van der Waals surface area contributed by atoms with E-state index in [1.165, 1.54) is 5.56 Å². The van der Waals surface area contributed by atoms with E-state index in [4.69, 9.17) is 3.07 Å². The van der Waals surface area contributed by atoms with Gasteiger partial charge < -0.3 is 3.07 Å². The van der Waals surface area contributed by atoms with Crippen molar-refractivity contribution in [1.29, 1.82) is 0 Å². The monoisotopic (exact) mass is 290 g/mol. The van der Waals surface area contributed by atoms with Crippen LogP contribution in [0.5, 0.6) is 5.75 Å². The molecule has 0 unspecified atom stereocenters. The molecule has 0 saturated carbocycles. The molecule has 0 aliphatic carbocycles. The second kappa shape index (κ2) is 4.31. The summed E-state index contributed by atoms with van der Waals surface area (Å²) in [5.41, 5.74) is 1.72. The standard InChI is InChI=1S/C11H15IO/c1-11(2,3)8-9-4-6-10(13-12)7-5-9/h4-7H,8H2,1-3H3. The SMILES string of the molecule is CC(C)(C)Cc1ccc(OI)cc1. The van der Waals surface area contributed by atoms with Gasteiger partial charge in [0, 0.05) is 0 Å². The van der Waals surface area contributed by atoms with Crippen molar-refractivity contribution in [2.45, 2.75) is 27.2 Å². The molecule has 1 nitrogen and oxygen atoms in total. The molecular weight excluding hydrogens is 275 g/mol. The lowest BCUT2D eigenvalue weighted by Crippen LogP contribution is -2.08. The molecule has 0 saturated heterocycles. The van der Waals surface area contributed by atoms with Crippen molar-refractivity contribution in [3.05, 3.63) is 29.8 Å². The van der Waals surface area contributed by atoms with Gasteiger partial charge in [-0.25, -0.2) is 0 Å². The Morgan fingerprint density at radius 1 is 1.15 bits per heavy atom. The Labute approximate surface area is 94.2 Å². The number of halogens is 1. The van der Waals surface area contributed by atoms with Crippen molar-refractivity contribution in [3.8, 4) is 5.75 Å². The van der Waals surface area contributed by atoms with Gasteiger partial charge in [-0.1, -0.05) is 32.9 Å². The molecule has 0 bridgehead atoms. The molecular formula is C11H15IO. The minimum Gasteiger partial charge on any atom is -0.428 e. The van der Waals surface area contributed by atoms with Crippen LogP contribution in [0.3, 0.4) is 0 Å². The van der Waals surface area contributed by atoms with Gasteiger partial charge in [0.05, 0.1) is 0 Å². The van der Waals surface area contributed by atoms with Gasteiger partial charge in [0.15, 0.2) is 23.0 Å². The first-order valence-corrected chi connectivity index (χ1v) is 5.27. The Kier molecular flexibility index (Phi) is 3.59. The molecule has 1 aromatic carbocycles. The number of benzene rings is 1. The van der Waals surface area contributed by atoms with Crippen LogP contribution in [0.2, 0.25) is 0 Å². The number of rotatable bonds is 2.